The molecule has 0 amide bonds. The summed E-state index contributed by atoms with van der Waals surface area (Å²) < 4.78 is 5.32. The second kappa shape index (κ2) is 5.57. The van der Waals surface area contributed by atoms with Gasteiger partial charge in [-0.1, -0.05) is 6.92 Å². The van der Waals surface area contributed by atoms with Crippen LogP contribution in [-0.2, 0) is 4.74 Å². The largest absolute Gasteiger partial charge is 0.488 e. The van der Waals surface area contributed by atoms with E-state index in [1.165, 1.54) is 6.08 Å². The molecule has 1 heterocycles. The van der Waals surface area contributed by atoms with E-state index in [1.807, 2.05) is 6.92 Å². The lowest BCUT2D eigenvalue weighted by Crippen LogP contribution is -2.67. The Morgan fingerprint density at radius 3 is 2.62 bits per heavy atom. The number of hydrogen-bond acceptors (Lipinski definition) is 7. The monoisotopic (exact) mass is 301 g/mol. The summed E-state index contributed by atoms with van der Waals surface area (Å²) in [4.78, 5) is 24.0. The molecule has 1 N–H and O–H groups in total. The average molecular weight is 301 g/mol. The molecule has 2 aliphatic rings. The summed E-state index contributed by atoms with van der Waals surface area (Å²) in [5.74, 6) is 0.136. The van der Waals surface area contributed by atoms with Crippen molar-refractivity contribution < 1.29 is 19.7 Å². The van der Waals surface area contributed by atoms with Crippen LogP contribution in [0.25, 0.3) is 0 Å². The van der Waals surface area contributed by atoms with Crippen molar-refractivity contribution in [3.8, 4) is 0 Å². The zero-order valence-corrected chi connectivity index (χ0v) is 11.9. The Bertz CT molecular complexity index is 482. The van der Waals surface area contributed by atoms with Crippen LogP contribution in [0, 0.1) is 20.2 Å². The molecule has 2 unspecified atom stereocenters. The van der Waals surface area contributed by atoms with E-state index in [1.54, 1.807) is 4.90 Å². The summed E-state index contributed by atoms with van der Waals surface area (Å²) in [5, 5.41) is 32.0. The van der Waals surface area contributed by atoms with Crippen LogP contribution in [0.15, 0.2) is 11.8 Å². The van der Waals surface area contributed by atoms with E-state index in [9.17, 15) is 20.2 Å². The van der Waals surface area contributed by atoms with Crippen molar-refractivity contribution in [3.63, 3.8) is 0 Å². The second-order valence-electron chi connectivity index (χ2n) is 5.59. The number of aliphatic hydroxyl groups excluding tert-OH is 1. The Balaban J connectivity index is 2.45. The number of ether oxygens (including phenoxy) is 1. The Morgan fingerprint density at radius 1 is 1.38 bits per heavy atom. The summed E-state index contributed by atoms with van der Waals surface area (Å²) in [7, 11) is 0. The Labute approximate surface area is 121 Å². The van der Waals surface area contributed by atoms with E-state index < -0.39 is 20.9 Å². The molecule has 1 fully saturated rings. The predicted molar refractivity (Wildman–Crippen MR) is 71.9 cm³/mol. The molecule has 118 valence electrons. The third-order valence-corrected chi connectivity index (χ3v) is 4.28. The van der Waals surface area contributed by atoms with Gasteiger partial charge in [0.15, 0.2) is 5.76 Å². The zero-order chi connectivity index (χ0) is 15.7. The van der Waals surface area contributed by atoms with Gasteiger partial charge in [-0.05, 0) is 12.6 Å². The van der Waals surface area contributed by atoms with Crippen LogP contribution < -0.4 is 0 Å². The van der Waals surface area contributed by atoms with Crippen molar-refractivity contribution in [2.45, 2.75) is 30.8 Å². The molecule has 1 aliphatic carbocycles. The lowest BCUT2D eigenvalue weighted by atomic mass is 9.71. The van der Waals surface area contributed by atoms with Crippen LogP contribution in [0.5, 0.6) is 0 Å². The van der Waals surface area contributed by atoms with Crippen LogP contribution in [0.4, 0.5) is 0 Å². The third kappa shape index (κ3) is 2.46. The Hall–Kier alpha value is -1.74. The predicted octanol–water partition coefficient (Wildman–Crippen LogP) is 0.0395. The van der Waals surface area contributed by atoms with Gasteiger partial charge in [0.05, 0.1) is 26.1 Å². The molecular weight excluding hydrogens is 282 g/mol. The fourth-order valence-corrected chi connectivity index (χ4v) is 3.25. The van der Waals surface area contributed by atoms with Crippen LogP contribution in [0.2, 0.25) is 0 Å². The van der Waals surface area contributed by atoms with E-state index in [2.05, 4.69) is 0 Å². The maximum absolute atomic E-state index is 11.7. The van der Waals surface area contributed by atoms with Crippen molar-refractivity contribution >= 4 is 0 Å². The number of likely N-dealkylation sites (N-methyl/N-ethyl adjacent to an activating group) is 1. The normalized spacial score (nSPS) is 32.4. The Morgan fingerprint density at radius 2 is 2.10 bits per heavy atom. The van der Waals surface area contributed by atoms with Crippen molar-refractivity contribution in [1.82, 2.24) is 4.90 Å². The number of likely N-dealkylation sites (tertiary alicyclic amines) is 1. The van der Waals surface area contributed by atoms with Crippen molar-refractivity contribution in [3.05, 3.63) is 32.1 Å². The van der Waals surface area contributed by atoms with Gasteiger partial charge in [-0.25, -0.2) is 0 Å². The average Bonchev–Trinajstić information content (AvgIpc) is 2.45. The summed E-state index contributed by atoms with van der Waals surface area (Å²) in [6, 6.07) is 0. The van der Waals surface area contributed by atoms with Gasteiger partial charge in [0.25, 0.3) is 5.54 Å². The molecule has 1 aliphatic heterocycles. The van der Waals surface area contributed by atoms with Crippen molar-refractivity contribution in [2.24, 2.45) is 0 Å². The molecular formula is C12H19N3O6. The maximum Gasteiger partial charge on any atom is 0.296 e. The van der Waals surface area contributed by atoms with Gasteiger partial charge in [-0.15, -0.1) is 0 Å². The van der Waals surface area contributed by atoms with Gasteiger partial charge in [-0.3, -0.25) is 25.1 Å². The smallest absolute Gasteiger partial charge is 0.296 e. The highest BCUT2D eigenvalue weighted by atomic mass is 16.6. The first kappa shape index (κ1) is 15.6. The highest BCUT2D eigenvalue weighted by molar-refractivity contribution is 5.23. The van der Waals surface area contributed by atoms with E-state index in [0.717, 1.165) is 0 Å². The fraction of sp³-hybridized carbons (Fsp3) is 0.833. The standard InChI is InChI=1S/C12H19N3O6/c1-2-13-8-11(14(17)18)4-3-10(21-6-5-16)12(7-11,9-13)15(19)20/h3,16H,2,4-9H2,1H3. The lowest BCUT2D eigenvalue weighted by molar-refractivity contribution is -0.624. The molecule has 9 heteroatoms. The van der Waals surface area contributed by atoms with Crippen LogP contribution in [-0.4, -0.2) is 63.8 Å². The van der Waals surface area contributed by atoms with Gasteiger partial charge in [0.1, 0.15) is 6.61 Å². The first-order chi connectivity index (χ1) is 9.90. The van der Waals surface area contributed by atoms with Gasteiger partial charge in [0, 0.05) is 16.3 Å². The van der Waals surface area contributed by atoms with Crippen LogP contribution >= 0.6 is 0 Å². The topological polar surface area (TPSA) is 119 Å². The summed E-state index contributed by atoms with van der Waals surface area (Å²) >= 11 is 0. The Kier molecular flexibility index (Phi) is 4.15. The highest BCUT2D eigenvalue weighted by Gasteiger charge is 2.66. The van der Waals surface area contributed by atoms with E-state index in [-0.39, 0.29) is 44.9 Å². The number of nitro groups is 2. The summed E-state index contributed by atoms with van der Waals surface area (Å²) in [5.41, 5.74) is -2.94. The minimum Gasteiger partial charge on any atom is -0.488 e. The number of aliphatic hydroxyl groups is 1. The number of rotatable bonds is 6. The van der Waals surface area contributed by atoms with E-state index >= 15 is 0 Å². The third-order valence-electron chi connectivity index (χ3n) is 4.28. The lowest BCUT2D eigenvalue weighted by Gasteiger charge is -2.45. The number of nitrogens with zero attached hydrogens (tertiary/aromatic N) is 3. The number of piperidine rings is 1. The quantitative estimate of drug-likeness (QED) is 0.543. The molecule has 21 heavy (non-hydrogen) atoms. The van der Waals surface area contributed by atoms with Gasteiger partial charge < -0.3 is 9.84 Å². The number of hydrogen-bond donors (Lipinski definition) is 1. The minimum atomic E-state index is -1.60. The van der Waals surface area contributed by atoms with Crippen LogP contribution in [0.3, 0.4) is 0 Å². The van der Waals surface area contributed by atoms with Gasteiger partial charge >= 0.3 is 0 Å². The van der Waals surface area contributed by atoms with Crippen LogP contribution in [0.1, 0.15) is 19.8 Å². The first-order valence-corrected chi connectivity index (χ1v) is 6.86. The molecule has 0 spiro atoms. The minimum absolute atomic E-state index is 0.0565. The molecule has 0 aromatic rings. The molecule has 0 radical (unpaired) electrons. The van der Waals surface area contributed by atoms with Crippen molar-refractivity contribution in [1.29, 1.82) is 0 Å². The SMILES string of the molecule is CCN1CC2([N+](=O)[O-])CC=C(OCCO)C([N+](=O)[O-])(C1)C2. The van der Waals surface area contributed by atoms with Crippen molar-refractivity contribution in [2.75, 3.05) is 32.8 Å². The first-order valence-electron chi connectivity index (χ1n) is 6.86. The van der Waals surface area contributed by atoms with E-state index in [0.29, 0.717) is 6.54 Å². The zero-order valence-electron chi connectivity index (χ0n) is 11.9. The molecule has 0 aromatic heterocycles. The van der Waals surface area contributed by atoms with Gasteiger partial charge in [0.2, 0.25) is 5.54 Å². The molecule has 0 saturated carbocycles. The summed E-state index contributed by atoms with van der Waals surface area (Å²) in [6.07, 6.45) is 1.39. The molecule has 2 atom stereocenters. The highest BCUT2D eigenvalue weighted by Crippen LogP contribution is 2.44. The van der Waals surface area contributed by atoms with Gasteiger partial charge in [-0.2, -0.15) is 0 Å². The maximum atomic E-state index is 11.7. The molecule has 9 nitrogen and oxygen atoms in total. The fourth-order valence-electron chi connectivity index (χ4n) is 3.25. The molecule has 2 bridgehead atoms. The molecule has 0 aromatic carbocycles. The van der Waals surface area contributed by atoms with E-state index in [4.69, 9.17) is 9.84 Å². The second-order valence-corrected chi connectivity index (χ2v) is 5.59. The summed E-state index contributed by atoms with van der Waals surface area (Å²) in [6.45, 7) is 2.29. The number of fused-ring (bicyclic) bond motifs is 2. The molecule has 1 saturated heterocycles. The molecule has 2 rings (SSSR count).